The molecule has 1 N–H and O–H groups in total. The van der Waals surface area contributed by atoms with E-state index in [-0.39, 0.29) is 0 Å². The Morgan fingerprint density at radius 1 is 1.40 bits per heavy atom. The van der Waals surface area contributed by atoms with Crippen LogP contribution in [0, 0.1) is 6.92 Å². The summed E-state index contributed by atoms with van der Waals surface area (Å²) in [6, 6.07) is 6.94. The van der Waals surface area contributed by atoms with Gasteiger partial charge in [0.25, 0.3) is 0 Å². The molecular formula is C13H20BrN. The van der Waals surface area contributed by atoms with E-state index in [1.165, 1.54) is 34.9 Å². The molecule has 2 heteroatoms. The quantitative estimate of drug-likeness (QED) is 0.845. The second-order valence-corrected chi connectivity index (χ2v) is 4.75. The van der Waals surface area contributed by atoms with Crippen LogP contribution in [0.5, 0.6) is 0 Å². The Morgan fingerprint density at radius 2 is 2.13 bits per heavy atom. The van der Waals surface area contributed by atoms with Gasteiger partial charge in [0.2, 0.25) is 0 Å². The molecule has 0 aliphatic carbocycles. The lowest BCUT2D eigenvalue weighted by Crippen LogP contribution is -2.16. The molecule has 1 atom stereocenters. The summed E-state index contributed by atoms with van der Waals surface area (Å²) in [5.74, 6) is 0. The van der Waals surface area contributed by atoms with Crippen LogP contribution in [0.3, 0.4) is 0 Å². The molecule has 0 radical (unpaired) electrons. The third kappa shape index (κ3) is 3.32. The number of hydrogen-bond acceptors (Lipinski definition) is 1. The van der Waals surface area contributed by atoms with E-state index in [9.17, 15) is 0 Å². The molecule has 0 saturated heterocycles. The highest BCUT2D eigenvalue weighted by atomic mass is 79.9. The van der Waals surface area contributed by atoms with Crippen molar-refractivity contribution in [3.8, 4) is 0 Å². The van der Waals surface area contributed by atoms with Crippen LogP contribution in [0.25, 0.3) is 0 Å². The lowest BCUT2D eigenvalue weighted by molar-refractivity contribution is 0.521. The van der Waals surface area contributed by atoms with Gasteiger partial charge in [0, 0.05) is 10.5 Å². The average molecular weight is 270 g/mol. The SMILES string of the molecule is CCCCC(NC)c1cccc(C)c1Br. The molecule has 1 unspecified atom stereocenters. The fraction of sp³-hybridized carbons (Fsp3) is 0.538. The summed E-state index contributed by atoms with van der Waals surface area (Å²) in [6.45, 7) is 4.37. The lowest BCUT2D eigenvalue weighted by Gasteiger charge is -2.18. The van der Waals surface area contributed by atoms with Crippen LogP contribution in [0.2, 0.25) is 0 Å². The van der Waals surface area contributed by atoms with E-state index in [2.05, 4.69) is 53.3 Å². The monoisotopic (exact) mass is 269 g/mol. The number of halogens is 1. The summed E-state index contributed by atoms with van der Waals surface area (Å²) in [5.41, 5.74) is 2.69. The van der Waals surface area contributed by atoms with Crippen LogP contribution >= 0.6 is 15.9 Å². The summed E-state index contributed by atoms with van der Waals surface area (Å²) in [5, 5.41) is 3.39. The fourth-order valence-corrected chi connectivity index (χ4v) is 2.34. The first kappa shape index (κ1) is 12.7. The van der Waals surface area contributed by atoms with Gasteiger partial charge in [-0.15, -0.1) is 0 Å². The molecular weight excluding hydrogens is 250 g/mol. The number of hydrogen-bond donors (Lipinski definition) is 1. The highest BCUT2D eigenvalue weighted by Crippen LogP contribution is 2.29. The van der Waals surface area contributed by atoms with E-state index in [1.54, 1.807) is 0 Å². The maximum atomic E-state index is 3.67. The van der Waals surface area contributed by atoms with Crippen molar-refractivity contribution in [3.63, 3.8) is 0 Å². The maximum Gasteiger partial charge on any atom is 0.0328 e. The molecule has 0 heterocycles. The highest BCUT2D eigenvalue weighted by molar-refractivity contribution is 9.10. The topological polar surface area (TPSA) is 12.0 Å². The lowest BCUT2D eigenvalue weighted by atomic mass is 10.00. The van der Waals surface area contributed by atoms with Crippen LogP contribution in [-0.2, 0) is 0 Å². The van der Waals surface area contributed by atoms with Crippen LogP contribution in [0.4, 0.5) is 0 Å². The molecule has 0 aromatic heterocycles. The van der Waals surface area contributed by atoms with E-state index in [4.69, 9.17) is 0 Å². The van der Waals surface area contributed by atoms with Crippen molar-refractivity contribution in [1.29, 1.82) is 0 Å². The zero-order valence-electron chi connectivity index (χ0n) is 9.81. The molecule has 0 bridgehead atoms. The van der Waals surface area contributed by atoms with E-state index in [1.807, 2.05) is 7.05 Å². The zero-order chi connectivity index (χ0) is 11.3. The molecule has 0 aliphatic heterocycles. The molecule has 1 aromatic carbocycles. The molecule has 1 aromatic rings. The number of rotatable bonds is 5. The largest absolute Gasteiger partial charge is 0.313 e. The summed E-state index contributed by atoms with van der Waals surface area (Å²) in [7, 11) is 2.04. The molecule has 0 aliphatic rings. The van der Waals surface area contributed by atoms with Gasteiger partial charge < -0.3 is 5.32 Å². The van der Waals surface area contributed by atoms with Crippen molar-refractivity contribution in [2.75, 3.05) is 7.05 Å². The van der Waals surface area contributed by atoms with Crippen molar-refractivity contribution in [3.05, 3.63) is 33.8 Å². The summed E-state index contributed by atoms with van der Waals surface area (Å²) in [4.78, 5) is 0. The standard InChI is InChI=1S/C13H20BrN/c1-4-5-9-12(15-3)11-8-6-7-10(2)13(11)14/h6-8,12,15H,4-5,9H2,1-3H3. The van der Waals surface area contributed by atoms with Crippen LogP contribution < -0.4 is 5.32 Å². The van der Waals surface area contributed by atoms with Crippen molar-refractivity contribution < 1.29 is 0 Å². The minimum absolute atomic E-state index is 0.472. The molecule has 84 valence electrons. The highest BCUT2D eigenvalue weighted by Gasteiger charge is 2.12. The molecule has 0 saturated carbocycles. The Balaban J connectivity index is 2.86. The minimum Gasteiger partial charge on any atom is -0.313 e. The van der Waals surface area contributed by atoms with E-state index in [0.29, 0.717) is 6.04 Å². The van der Waals surface area contributed by atoms with Crippen LogP contribution in [-0.4, -0.2) is 7.05 Å². The van der Waals surface area contributed by atoms with Gasteiger partial charge >= 0.3 is 0 Å². The van der Waals surface area contributed by atoms with Gasteiger partial charge in [0.15, 0.2) is 0 Å². The normalized spacial score (nSPS) is 12.8. The van der Waals surface area contributed by atoms with Crippen molar-refractivity contribution >= 4 is 15.9 Å². The molecule has 0 fully saturated rings. The Labute approximate surface area is 101 Å². The number of benzene rings is 1. The summed E-state index contributed by atoms with van der Waals surface area (Å²) < 4.78 is 1.25. The molecule has 15 heavy (non-hydrogen) atoms. The van der Waals surface area contributed by atoms with Gasteiger partial charge in [0.05, 0.1) is 0 Å². The van der Waals surface area contributed by atoms with E-state index in [0.717, 1.165) is 0 Å². The fourth-order valence-electron chi connectivity index (χ4n) is 1.80. The molecule has 0 amide bonds. The number of aryl methyl sites for hydroxylation is 1. The van der Waals surface area contributed by atoms with Crippen LogP contribution in [0.15, 0.2) is 22.7 Å². The van der Waals surface area contributed by atoms with Gasteiger partial charge in [-0.05, 0) is 31.5 Å². The molecule has 0 spiro atoms. The minimum atomic E-state index is 0.472. The zero-order valence-corrected chi connectivity index (χ0v) is 11.4. The third-order valence-corrected chi connectivity index (χ3v) is 3.88. The first-order valence-corrected chi connectivity index (χ1v) is 6.42. The molecule has 1 rings (SSSR count). The van der Waals surface area contributed by atoms with Crippen molar-refractivity contribution in [2.24, 2.45) is 0 Å². The van der Waals surface area contributed by atoms with Gasteiger partial charge in [-0.1, -0.05) is 53.9 Å². The first-order chi connectivity index (χ1) is 7.20. The van der Waals surface area contributed by atoms with E-state index < -0.39 is 0 Å². The van der Waals surface area contributed by atoms with Gasteiger partial charge in [-0.25, -0.2) is 0 Å². The van der Waals surface area contributed by atoms with Gasteiger partial charge in [-0.2, -0.15) is 0 Å². The van der Waals surface area contributed by atoms with E-state index >= 15 is 0 Å². The smallest absolute Gasteiger partial charge is 0.0328 e. The first-order valence-electron chi connectivity index (χ1n) is 5.63. The second kappa shape index (κ2) is 6.29. The maximum absolute atomic E-state index is 3.67. The number of nitrogens with one attached hydrogen (secondary N) is 1. The second-order valence-electron chi connectivity index (χ2n) is 3.96. The Morgan fingerprint density at radius 3 is 2.73 bits per heavy atom. The summed E-state index contributed by atoms with van der Waals surface area (Å²) >= 11 is 3.67. The van der Waals surface area contributed by atoms with Crippen LogP contribution in [0.1, 0.15) is 43.4 Å². The Bertz CT molecular complexity index is 309. The predicted octanol–water partition coefficient (Wildman–Crippen LogP) is 4.21. The van der Waals surface area contributed by atoms with Crippen molar-refractivity contribution in [1.82, 2.24) is 5.32 Å². The number of unbranched alkanes of at least 4 members (excludes halogenated alkanes) is 1. The Hall–Kier alpha value is -0.340. The van der Waals surface area contributed by atoms with Gasteiger partial charge in [0.1, 0.15) is 0 Å². The third-order valence-electron chi connectivity index (χ3n) is 2.79. The van der Waals surface area contributed by atoms with Crippen molar-refractivity contribution in [2.45, 2.75) is 39.2 Å². The Kier molecular flexibility index (Phi) is 5.34. The summed E-state index contributed by atoms with van der Waals surface area (Å²) in [6.07, 6.45) is 3.72. The average Bonchev–Trinajstić information content (AvgIpc) is 2.25. The molecule has 1 nitrogen and oxygen atoms in total. The predicted molar refractivity (Wildman–Crippen MR) is 70.2 cm³/mol. The van der Waals surface area contributed by atoms with Gasteiger partial charge in [-0.3, -0.25) is 0 Å².